The zero-order valence-corrected chi connectivity index (χ0v) is 42.6. The molecule has 0 aromatic rings. The molecule has 0 fully saturated rings. The van der Waals surface area contributed by atoms with Crippen molar-refractivity contribution in [2.24, 2.45) is 0 Å². The van der Waals surface area contributed by atoms with Gasteiger partial charge >= 0.3 is 17.9 Å². The molecule has 6 nitrogen and oxygen atoms in total. The molecule has 0 heterocycles. The van der Waals surface area contributed by atoms with Crippen LogP contribution in [0.15, 0.2) is 48.6 Å². The summed E-state index contributed by atoms with van der Waals surface area (Å²) in [5.41, 5.74) is 0. The zero-order chi connectivity index (χ0) is 46.5. The van der Waals surface area contributed by atoms with E-state index < -0.39 is 6.10 Å². The van der Waals surface area contributed by atoms with Gasteiger partial charge in [0.2, 0.25) is 0 Å². The van der Waals surface area contributed by atoms with Crippen LogP contribution in [0.3, 0.4) is 0 Å². The molecule has 1 atom stereocenters. The van der Waals surface area contributed by atoms with Crippen LogP contribution in [0.25, 0.3) is 0 Å². The number of carbonyl (C=O) groups is 3. The number of ether oxygens (including phenoxy) is 3. The molecule has 0 aromatic carbocycles. The number of allylic oxidation sites excluding steroid dienone is 8. The number of unbranched alkanes of at least 4 members (excludes halogenated alkanes) is 31. The average molecular weight is 897 g/mol. The number of carbonyl (C=O) groups excluding carboxylic acids is 3. The molecule has 0 saturated heterocycles. The summed E-state index contributed by atoms with van der Waals surface area (Å²) in [5.74, 6) is -0.912. The highest BCUT2D eigenvalue weighted by Crippen LogP contribution is 2.16. The molecular formula is C58H104O6. The van der Waals surface area contributed by atoms with Crippen LogP contribution in [0.2, 0.25) is 0 Å². The lowest BCUT2D eigenvalue weighted by atomic mass is 10.0. The molecule has 372 valence electrons. The first-order chi connectivity index (χ1) is 31.5. The predicted octanol–water partition coefficient (Wildman–Crippen LogP) is 18.3. The van der Waals surface area contributed by atoms with Gasteiger partial charge in [-0.15, -0.1) is 0 Å². The Hall–Kier alpha value is -2.63. The van der Waals surface area contributed by atoms with E-state index in [1.54, 1.807) is 0 Å². The summed E-state index contributed by atoms with van der Waals surface area (Å²) in [6, 6.07) is 0. The molecule has 0 unspecified atom stereocenters. The van der Waals surface area contributed by atoms with E-state index >= 15 is 0 Å². The van der Waals surface area contributed by atoms with Gasteiger partial charge < -0.3 is 14.2 Å². The third-order valence-electron chi connectivity index (χ3n) is 12.1. The molecule has 0 aliphatic carbocycles. The van der Waals surface area contributed by atoms with Gasteiger partial charge in [-0.3, -0.25) is 14.4 Å². The summed E-state index contributed by atoms with van der Waals surface area (Å²) in [7, 11) is 0. The lowest BCUT2D eigenvalue weighted by molar-refractivity contribution is -0.167. The minimum atomic E-state index is -0.785. The summed E-state index contributed by atoms with van der Waals surface area (Å²) in [4.78, 5) is 38.0. The van der Waals surface area contributed by atoms with Gasteiger partial charge in [-0.05, 0) is 57.8 Å². The van der Waals surface area contributed by atoms with Crippen molar-refractivity contribution in [3.8, 4) is 0 Å². The number of hydrogen-bond donors (Lipinski definition) is 0. The maximum Gasteiger partial charge on any atom is 0.306 e. The van der Waals surface area contributed by atoms with E-state index in [1.807, 2.05) is 0 Å². The Labute approximate surface area is 397 Å². The van der Waals surface area contributed by atoms with Crippen molar-refractivity contribution in [2.45, 2.75) is 290 Å². The summed E-state index contributed by atoms with van der Waals surface area (Å²) >= 11 is 0. The molecule has 0 aromatic heterocycles. The SMILES string of the molecule is CC/C=C\C/C=C\C/C=C\C/C=C\CCCCC(=O)OC[C@H](COC(=O)CCCCCCCCCCCCCCCCCCCCC)OC(=O)CCCCCCCCCCCCCC. The Kier molecular flexibility index (Phi) is 50.8. The van der Waals surface area contributed by atoms with Gasteiger partial charge in [0.15, 0.2) is 6.10 Å². The second kappa shape index (κ2) is 53.0. The number of hydrogen-bond acceptors (Lipinski definition) is 6. The van der Waals surface area contributed by atoms with E-state index in [9.17, 15) is 14.4 Å². The number of esters is 3. The van der Waals surface area contributed by atoms with E-state index in [0.717, 1.165) is 83.5 Å². The highest BCUT2D eigenvalue weighted by atomic mass is 16.6. The fourth-order valence-corrected chi connectivity index (χ4v) is 7.96. The van der Waals surface area contributed by atoms with Gasteiger partial charge in [-0.1, -0.05) is 256 Å². The van der Waals surface area contributed by atoms with Crippen LogP contribution < -0.4 is 0 Å². The molecule has 0 saturated carbocycles. The lowest BCUT2D eigenvalue weighted by Gasteiger charge is -2.18. The molecule has 0 amide bonds. The second-order valence-corrected chi connectivity index (χ2v) is 18.5. The van der Waals surface area contributed by atoms with Crippen molar-refractivity contribution in [1.82, 2.24) is 0 Å². The van der Waals surface area contributed by atoms with E-state index in [0.29, 0.717) is 19.3 Å². The van der Waals surface area contributed by atoms with Gasteiger partial charge in [0.1, 0.15) is 13.2 Å². The Morgan fingerprint density at radius 2 is 0.609 bits per heavy atom. The number of rotatable bonds is 50. The van der Waals surface area contributed by atoms with Crippen molar-refractivity contribution in [3.63, 3.8) is 0 Å². The van der Waals surface area contributed by atoms with Crippen molar-refractivity contribution in [3.05, 3.63) is 48.6 Å². The average Bonchev–Trinajstić information content (AvgIpc) is 3.29. The van der Waals surface area contributed by atoms with Gasteiger partial charge in [0.25, 0.3) is 0 Å². The van der Waals surface area contributed by atoms with Gasteiger partial charge in [0, 0.05) is 19.3 Å². The molecular weight excluding hydrogens is 793 g/mol. The van der Waals surface area contributed by atoms with Crippen molar-refractivity contribution in [1.29, 1.82) is 0 Å². The maximum absolute atomic E-state index is 12.8. The standard InChI is InChI=1S/C58H104O6/c1-4-7-10-13-16-19-22-25-27-28-29-30-32-34-37-39-42-45-48-51-57(60)63-54-55(64-58(61)52-49-46-43-40-35-24-21-18-15-12-9-6-3)53-62-56(59)50-47-44-41-38-36-33-31-26-23-20-17-14-11-8-5-2/h8,11,17,20,26,31,36,38,55H,4-7,9-10,12-16,18-19,21-25,27-30,32-35,37,39-54H2,1-3H3/b11-8-,20-17-,31-26-,38-36-/t55-/m1/s1. The van der Waals surface area contributed by atoms with Crippen LogP contribution in [-0.4, -0.2) is 37.2 Å². The summed E-state index contributed by atoms with van der Waals surface area (Å²) in [5, 5.41) is 0. The molecule has 6 heteroatoms. The van der Waals surface area contributed by atoms with Crippen molar-refractivity contribution < 1.29 is 28.6 Å². The van der Waals surface area contributed by atoms with E-state index in [4.69, 9.17) is 14.2 Å². The molecule has 0 spiro atoms. The zero-order valence-electron chi connectivity index (χ0n) is 42.6. The van der Waals surface area contributed by atoms with Crippen LogP contribution in [0.1, 0.15) is 284 Å². The molecule has 64 heavy (non-hydrogen) atoms. The first kappa shape index (κ1) is 61.4. The second-order valence-electron chi connectivity index (χ2n) is 18.5. The highest BCUT2D eigenvalue weighted by Gasteiger charge is 2.19. The van der Waals surface area contributed by atoms with Gasteiger partial charge in [0.05, 0.1) is 0 Å². The van der Waals surface area contributed by atoms with Crippen LogP contribution >= 0.6 is 0 Å². The van der Waals surface area contributed by atoms with Crippen LogP contribution in [0, 0.1) is 0 Å². The van der Waals surface area contributed by atoms with Gasteiger partial charge in [-0.25, -0.2) is 0 Å². The predicted molar refractivity (Wildman–Crippen MR) is 275 cm³/mol. The molecule has 0 N–H and O–H groups in total. The minimum absolute atomic E-state index is 0.0821. The van der Waals surface area contributed by atoms with Crippen molar-refractivity contribution in [2.75, 3.05) is 13.2 Å². The Balaban J connectivity index is 4.34. The van der Waals surface area contributed by atoms with Crippen LogP contribution in [0.5, 0.6) is 0 Å². The van der Waals surface area contributed by atoms with Gasteiger partial charge in [-0.2, -0.15) is 0 Å². The molecule has 0 rings (SSSR count). The van der Waals surface area contributed by atoms with E-state index in [-0.39, 0.29) is 31.1 Å². The first-order valence-corrected chi connectivity index (χ1v) is 27.6. The van der Waals surface area contributed by atoms with E-state index in [2.05, 4.69) is 69.4 Å². The maximum atomic E-state index is 12.8. The summed E-state index contributed by atoms with van der Waals surface area (Å²) in [6.07, 6.45) is 63.9. The molecule has 0 aliphatic heterocycles. The smallest absolute Gasteiger partial charge is 0.306 e. The Morgan fingerprint density at radius 1 is 0.328 bits per heavy atom. The normalized spacial score (nSPS) is 12.4. The molecule has 0 bridgehead atoms. The summed E-state index contributed by atoms with van der Waals surface area (Å²) < 4.78 is 16.8. The minimum Gasteiger partial charge on any atom is -0.462 e. The Bertz CT molecular complexity index is 1120. The topological polar surface area (TPSA) is 78.9 Å². The summed E-state index contributed by atoms with van der Waals surface area (Å²) in [6.45, 7) is 6.52. The third-order valence-corrected chi connectivity index (χ3v) is 12.1. The first-order valence-electron chi connectivity index (χ1n) is 27.6. The fraction of sp³-hybridized carbons (Fsp3) is 0.810. The van der Waals surface area contributed by atoms with E-state index in [1.165, 1.54) is 161 Å². The monoisotopic (exact) mass is 897 g/mol. The largest absolute Gasteiger partial charge is 0.462 e. The van der Waals surface area contributed by atoms with Crippen LogP contribution in [0.4, 0.5) is 0 Å². The Morgan fingerprint density at radius 3 is 0.953 bits per heavy atom. The third kappa shape index (κ3) is 50.4. The molecule has 0 radical (unpaired) electrons. The highest BCUT2D eigenvalue weighted by molar-refractivity contribution is 5.71. The van der Waals surface area contributed by atoms with Crippen LogP contribution in [-0.2, 0) is 28.6 Å². The molecule has 0 aliphatic rings. The lowest BCUT2D eigenvalue weighted by Crippen LogP contribution is -2.30. The van der Waals surface area contributed by atoms with Crippen molar-refractivity contribution >= 4 is 17.9 Å². The quantitative estimate of drug-likeness (QED) is 0.0262. The fourth-order valence-electron chi connectivity index (χ4n) is 7.96.